The number of ether oxygens (including phenoxy) is 1. The number of aryl methyl sites for hydroxylation is 1. The molecule has 8 heteroatoms. The van der Waals surface area contributed by atoms with Crippen molar-refractivity contribution < 1.29 is 22.7 Å². The van der Waals surface area contributed by atoms with Crippen LogP contribution in [0.25, 0.3) is 0 Å². The number of nitrogen functional groups attached to an aromatic ring is 1. The average molecular weight is 401 g/mol. The number of nitrogens with one attached hydrogen (secondary N) is 1. The first-order valence-corrected chi connectivity index (χ1v) is 8.68. The van der Waals surface area contributed by atoms with Crippen LogP contribution in [0.3, 0.4) is 0 Å². The van der Waals surface area contributed by atoms with E-state index >= 15 is 0 Å². The van der Waals surface area contributed by atoms with Crippen molar-refractivity contribution >= 4 is 11.7 Å². The highest BCUT2D eigenvalue weighted by Gasteiger charge is 2.34. The number of carbonyl (C=O) groups is 1. The highest BCUT2D eigenvalue weighted by Crippen LogP contribution is 2.37. The second-order valence-corrected chi connectivity index (χ2v) is 6.31. The lowest BCUT2D eigenvalue weighted by molar-refractivity contribution is -0.138. The molecule has 0 bridgehead atoms. The summed E-state index contributed by atoms with van der Waals surface area (Å²) in [6, 6.07) is 14.7. The molecule has 0 spiro atoms. The van der Waals surface area contributed by atoms with Crippen molar-refractivity contribution in [2.45, 2.75) is 19.6 Å². The average Bonchev–Trinajstić information content (AvgIpc) is 2.67. The molecule has 3 N–H and O–H groups in total. The van der Waals surface area contributed by atoms with Gasteiger partial charge in [-0.1, -0.05) is 24.3 Å². The maximum atomic E-state index is 13.0. The molecule has 1 amide bonds. The number of amides is 1. The second kappa shape index (κ2) is 8.22. The molecule has 3 aromatic rings. The van der Waals surface area contributed by atoms with Gasteiger partial charge >= 0.3 is 6.18 Å². The van der Waals surface area contributed by atoms with Gasteiger partial charge in [0.25, 0.3) is 5.91 Å². The molecule has 29 heavy (non-hydrogen) atoms. The standard InChI is InChI=1S/C21H18F3N3O2/c1-13-6-11-16(19(25)27-13)20(28)26-12-14-7-9-15(10-8-14)29-18-5-3-2-4-17(18)21(22,23)24/h2-11H,12H2,1H3,(H2,25,27)(H,26,28). The molecule has 1 heterocycles. The molecule has 3 rings (SSSR count). The van der Waals surface area contributed by atoms with E-state index in [1.165, 1.54) is 30.3 Å². The second-order valence-electron chi connectivity index (χ2n) is 6.31. The Bertz CT molecular complexity index is 1020. The van der Waals surface area contributed by atoms with Crippen LogP contribution in [0.4, 0.5) is 19.0 Å². The number of carbonyl (C=O) groups excluding carboxylic acids is 1. The van der Waals surface area contributed by atoms with Crippen LogP contribution in [0.5, 0.6) is 11.5 Å². The lowest BCUT2D eigenvalue weighted by Gasteiger charge is -2.13. The number of hydrogen-bond donors (Lipinski definition) is 2. The summed E-state index contributed by atoms with van der Waals surface area (Å²) in [4.78, 5) is 16.3. The van der Waals surface area contributed by atoms with Gasteiger partial charge in [-0.05, 0) is 48.9 Å². The summed E-state index contributed by atoms with van der Waals surface area (Å²) in [6.07, 6.45) is -4.51. The number of alkyl halides is 3. The summed E-state index contributed by atoms with van der Waals surface area (Å²) in [5, 5.41) is 2.73. The predicted molar refractivity (Wildman–Crippen MR) is 103 cm³/mol. The number of nitrogens with zero attached hydrogens (tertiary/aromatic N) is 1. The highest BCUT2D eigenvalue weighted by molar-refractivity contribution is 5.98. The topological polar surface area (TPSA) is 77.2 Å². The molecular weight excluding hydrogens is 383 g/mol. The lowest BCUT2D eigenvalue weighted by atomic mass is 10.2. The monoisotopic (exact) mass is 401 g/mol. The van der Waals surface area contributed by atoms with Gasteiger partial charge in [-0.2, -0.15) is 13.2 Å². The SMILES string of the molecule is Cc1ccc(C(=O)NCc2ccc(Oc3ccccc3C(F)(F)F)cc2)c(N)n1. The van der Waals surface area contributed by atoms with Crippen molar-refractivity contribution in [3.63, 3.8) is 0 Å². The molecule has 0 aliphatic heterocycles. The summed E-state index contributed by atoms with van der Waals surface area (Å²) in [6.45, 7) is 1.99. The smallest absolute Gasteiger partial charge is 0.419 e. The lowest BCUT2D eigenvalue weighted by Crippen LogP contribution is -2.24. The molecule has 150 valence electrons. The number of nitrogens with two attached hydrogens (primary N) is 1. The van der Waals surface area contributed by atoms with Gasteiger partial charge in [0, 0.05) is 12.2 Å². The van der Waals surface area contributed by atoms with Crippen LogP contribution in [-0.4, -0.2) is 10.9 Å². The Labute approximate surface area is 165 Å². The zero-order valence-corrected chi connectivity index (χ0v) is 15.5. The maximum absolute atomic E-state index is 13.0. The van der Waals surface area contributed by atoms with Crippen molar-refractivity contribution in [2.24, 2.45) is 0 Å². The molecule has 1 aromatic heterocycles. The van der Waals surface area contributed by atoms with Crippen molar-refractivity contribution in [3.05, 3.63) is 83.0 Å². The number of para-hydroxylation sites is 1. The zero-order valence-electron chi connectivity index (χ0n) is 15.5. The van der Waals surface area contributed by atoms with Crippen LogP contribution in [0.1, 0.15) is 27.2 Å². The Morgan fingerprint density at radius 3 is 2.41 bits per heavy atom. The first-order valence-electron chi connectivity index (χ1n) is 8.68. The van der Waals surface area contributed by atoms with Gasteiger partial charge in [0.1, 0.15) is 17.3 Å². The van der Waals surface area contributed by atoms with Crippen LogP contribution in [0, 0.1) is 6.92 Å². The van der Waals surface area contributed by atoms with Gasteiger partial charge in [0.15, 0.2) is 0 Å². The molecule has 0 radical (unpaired) electrons. The van der Waals surface area contributed by atoms with E-state index in [0.29, 0.717) is 5.69 Å². The van der Waals surface area contributed by atoms with Gasteiger partial charge in [-0.15, -0.1) is 0 Å². The maximum Gasteiger partial charge on any atom is 0.419 e. The van der Waals surface area contributed by atoms with Crippen molar-refractivity contribution in [3.8, 4) is 11.5 Å². The van der Waals surface area contributed by atoms with E-state index in [0.717, 1.165) is 11.6 Å². The minimum absolute atomic E-state index is 0.148. The van der Waals surface area contributed by atoms with Crippen LogP contribution in [0.15, 0.2) is 60.7 Å². The summed E-state index contributed by atoms with van der Waals surface area (Å²) in [5.41, 5.74) is 6.64. The first-order chi connectivity index (χ1) is 13.7. The molecule has 0 aliphatic carbocycles. The fourth-order valence-electron chi connectivity index (χ4n) is 2.64. The van der Waals surface area contributed by atoms with E-state index < -0.39 is 11.7 Å². The van der Waals surface area contributed by atoms with Gasteiger partial charge < -0.3 is 15.8 Å². The molecule has 5 nitrogen and oxygen atoms in total. The van der Waals surface area contributed by atoms with Crippen molar-refractivity contribution in [1.29, 1.82) is 0 Å². The Morgan fingerprint density at radius 2 is 1.76 bits per heavy atom. The van der Waals surface area contributed by atoms with E-state index in [-0.39, 0.29) is 35.3 Å². The number of halogens is 3. The van der Waals surface area contributed by atoms with E-state index in [1.54, 1.807) is 31.2 Å². The molecule has 0 saturated carbocycles. The van der Waals surface area contributed by atoms with Gasteiger partial charge in [0.2, 0.25) is 0 Å². The third-order valence-electron chi connectivity index (χ3n) is 4.11. The summed E-state index contributed by atoms with van der Waals surface area (Å²) in [7, 11) is 0. The fraction of sp³-hybridized carbons (Fsp3) is 0.143. The predicted octanol–water partition coefficient (Wildman–Crippen LogP) is 4.71. The van der Waals surface area contributed by atoms with Gasteiger partial charge in [-0.3, -0.25) is 4.79 Å². The fourth-order valence-corrected chi connectivity index (χ4v) is 2.64. The van der Waals surface area contributed by atoms with E-state index in [4.69, 9.17) is 10.5 Å². The summed E-state index contributed by atoms with van der Waals surface area (Å²) in [5.74, 6) is -0.240. The minimum atomic E-state index is -4.51. The molecule has 0 aliphatic rings. The summed E-state index contributed by atoms with van der Waals surface area (Å²) >= 11 is 0. The quantitative estimate of drug-likeness (QED) is 0.649. The Balaban J connectivity index is 1.65. The van der Waals surface area contributed by atoms with Gasteiger partial charge in [-0.25, -0.2) is 4.98 Å². The van der Waals surface area contributed by atoms with E-state index in [1.807, 2.05) is 0 Å². The Morgan fingerprint density at radius 1 is 1.07 bits per heavy atom. The van der Waals surface area contributed by atoms with Crippen LogP contribution < -0.4 is 15.8 Å². The van der Waals surface area contributed by atoms with E-state index in [9.17, 15) is 18.0 Å². The Kier molecular flexibility index (Phi) is 5.72. The number of aromatic nitrogens is 1. The van der Waals surface area contributed by atoms with Gasteiger partial charge in [0.05, 0.1) is 11.1 Å². The first kappa shape index (κ1) is 20.2. The van der Waals surface area contributed by atoms with Crippen LogP contribution >= 0.6 is 0 Å². The molecular formula is C21H18F3N3O2. The third kappa shape index (κ3) is 5.04. The summed E-state index contributed by atoms with van der Waals surface area (Å²) < 4.78 is 44.5. The highest BCUT2D eigenvalue weighted by atomic mass is 19.4. The Hall–Kier alpha value is -3.55. The van der Waals surface area contributed by atoms with Crippen molar-refractivity contribution in [2.75, 3.05) is 5.73 Å². The molecule has 0 saturated heterocycles. The number of pyridine rings is 1. The van der Waals surface area contributed by atoms with Crippen LogP contribution in [-0.2, 0) is 12.7 Å². The number of benzene rings is 2. The van der Waals surface area contributed by atoms with Crippen LogP contribution in [0.2, 0.25) is 0 Å². The molecule has 0 fully saturated rings. The van der Waals surface area contributed by atoms with Crippen molar-refractivity contribution in [1.82, 2.24) is 10.3 Å². The molecule has 0 unspecified atom stereocenters. The third-order valence-corrected chi connectivity index (χ3v) is 4.11. The molecule has 2 aromatic carbocycles. The number of rotatable bonds is 5. The largest absolute Gasteiger partial charge is 0.457 e. The number of anilines is 1. The zero-order chi connectivity index (χ0) is 21.0. The number of hydrogen-bond acceptors (Lipinski definition) is 4. The van der Waals surface area contributed by atoms with E-state index in [2.05, 4.69) is 10.3 Å². The minimum Gasteiger partial charge on any atom is -0.457 e. The normalized spacial score (nSPS) is 11.2. The molecule has 0 atom stereocenters.